The first-order chi connectivity index (χ1) is 13.0. The molecule has 0 aromatic heterocycles. The summed E-state index contributed by atoms with van der Waals surface area (Å²) in [5, 5.41) is 2.78. The lowest BCUT2D eigenvalue weighted by molar-refractivity contribution is 0.0949. The molecule has 0 radical (unpaired) electrons. The maximum Gasteiger partial charge on any atom is 0.251 e. The van der Waals surface area contributed by atoms with Gasteiger partial charge in [-0.25, -0.2) is 4.39 Å². The normalized spacial score (nSPS) is 10.4. The highest BCUT2D eigenvalue weighted by molar-refractivity contribution is 9.10. The SMILES string of the molecule is CCOc1cc(C(=O)NCc2cc(F)cc(Br)c2)cc(OCC)c1OCC. The van der Waals surface area contributed by atoms with Crippen LogP contribution in [-0.4, -0.2) is 25.7 Å². The molecule has 0 heterocycles. The van der Waals surface area contributed by atoms with Crippen molar-refractivity contribution in [2.45, 2.75) is 27.3 Å². The molecule has 1 amide bonds. The maximum absolute atomic E-state index is 13.5. The van der Waals surface area contributed by atoms with E-state index < -0.39 is 0 Å². The number of benzene rings is 2. The molecule has 5 nitrogen and oxygen atoms in total. The van der Waals surface area contributed by atoms with Gasteiger partial charge in [0, 0.05) is 16.6 Å². The van der Waals surface area contributed by atoms with Gasteiger partial charge >= 0.3 is 0 Å². The Balaban J connectivity index is 2.25. The molecule has 27 heavy (non-hydrogen) atoms. The summed E-state index contributed by atoms with van der Waals surface area (Å²) in [6.07, 6.45) is 0. The number of hydrogen-bond donors (Lipinski definition) is 1. The fourth-order valence-corrected chi connectivity index (χ4v) is 3.03. The Labute approximate surface area is 166 Å². The summed E-state index contributed by atoms with van der Waals surface area (Å²) in [5.74, 6) is 0.687. The average molecular weight is 440 g/mol. The molecule has 0 aliphatic carbocycles. The number of hydrogen-bond acceptors (Lipinski definition) is 4. The summed E-state index contributed by atoms with van der Waals surface area (Å²) < 4.78 is 31.0. The number of ether oxygens (including phenoxy) is 3. The predicted molar refractivity (Wildman–Crippen MR) is 105 cm³/mol. The minimum Gasteiger partial charge on any atom is -0.490 e. The van der Waals surface area contributed by atoms with Crippen LogP contribution in [0.1, 0.15) is 36.7 Å². The van der Waals surface area contributed by atoms with Crippen LogP contribution in [0.5, 0.6) is 17.2 Å². The zero-order valence-corrected chi connectivity index (χ0v) is 17.2. The van der Waals surface area contributed by atoms with E-state index in [1.807, 2.05) is 20.8 Å². The summed E-state index contributed by atoms with van der Waals surface area (Å²) in [7, 11) is 0. The second kappa shape index (κ2) is 10.2. The fourth-order valence-electron chi connectivity index (χ4n) is 2.52. The maximum atomic E-state index is 13.5. The van der Waals surface area contributed by atoms with Crippen molar-refractivity contribution in [2.75, 3.05) is 19.8 Å². The number of halogens is 2. The van der Waals surface area contributed by atoms with Crippen molar-refractivity contribution in [3.05, 3.63) is 51.7 Å². The van der Waals surface area contributed by atoms with Crippen LogP contribution in [0, 0.1) is 5.82 Å². The van der Waals surface area contributed by atoms with Gasteiger partial charge in [-0.15, -0.1) is 0 Å². The molecule has 2 rings (SSSR count). The first kappa shape index (κ1) is 21.0. The molecule has 1 N–H and O–H groups in total. The van der Waals surface area contributed by atoms with E-state index in [0.717, 1.165) is 0 Å². The zero-order chi connectivity index (χ0) is 19.8. The highest BCUT2D eigenvalue weighted by Gasteiger charge is 2.18. The smallest absolute Gasteiger partial charge is 0.251 e. The van der Waals surface area contributed by atoms with Gasteiger partial charge in [-0.1, -0.05) is 15.9 Å². The molecule has 7 heteroatoms. The first-order valence-electron chi connectivity index (χ1n) is 8.78. The second-order valence-corrected chi connectivity index (χ2v) is 6.48. The molecule has 0 aliphatic rings. The van der Waals surface area contributed by atoms with E-state index in [1.165, 1.54) is 12.1 Å². The van der Waals surface area contributed by atoms with Crippen molar-refractivity contribution in [1.82, 2.24) is 5.32 Å². The summed E-state index contributed by atoms with van der Waals surface area (Å²) >= 11 is 3.24. The molecule has 2 aromatic carbocycles. The molecule has 0 aliphatic heterocycles. The molecule has 0 bridgehead atoms. The third-order valence-corrected chi connectivity index (χ3v) is 4.00. The largest absolute Gasteiger partial charge is 0.490 e. The van der Waals surface area contributed by atoms with Crippen molar-refractivity contribution in [1.29, 1.82) is 0 Å². The molecular weight excluding hydrogens is 417 g/mol. The topological polar surface area (TPSA) is 56.8 Å². The van der Waals surface area contributed by atoms with E-state index in [4.69, 9.17) is 14.2 Å². The molecule has 0 spiro atoms. The summed E-state index contributed by atoms with van der Waals surface area (Å²) in [6, 6.07) is 7.72. The van der Waals surface area contributed by atoms with Crippen LogP contribution in [-0.2, 0) is 6.54 Å². The van der Waals surface area contributed by atoms with Gasteiger partial charge in [0.05, 0.1) is 19.8 Å². The molecule has 0 atom stereocenters. The third-order valence-electron chi connectivity index (χ3n) is 3.55. The summed E-state index contributed by atoms with van der Waals surface area (Å²) in [4.78, 5) is 12.6. The lowest BCUT2D eigenvalue weighted by atomic mass is 10.1. The number of rotatable bonds is 9. The highest BCUT2D eigenvalue weighted by atomic mass is 79.9. The minimum absolute atomic E-state index is 0.191. The van der Waals surface area contributed by atoms with Gasteiger partial charge in [-0.05, 0) is 56.7 Å². The Morgan fingerprint density at radius 1 is 0.963 bits per heavy atom. The average Bonchev–Trinajstić information content (AvgIpc) is 2.61. The van der Waals surface area contributed by atoms with Gasteiger partial charge in [0.1, 0.15) is 5.82 Å². The number of carbonyl (C=O) groups is 1. The van der Waals surface area contributed by atoms with Gasteiger partial charge in [0.2, 0.25) is 5.75 Å². The van der Waals surface area contributed by atoms with Crippen molar-refractivity contribution < 1.29 is 23.4 Å². The van der Waals surface area contributed by atoms with Crippen LogP contribution in [0.3, 0.4) is 0 Å². The Morgan fingerprint density at radius 3 is 2.07 bits per heavy atom. The van der Waals surface area contributed by atoms with Gasteiger partial charge in [0.25, 0.3) is 5.91 Å². The van der Waals surface area contributed by atoms with Crippen LogP contribution in [0.15, 0.2) is 34.8 Å². The first-order valence-corrected chi connectivity index (χ1v) is 9.57. The number of carbonyl (C=O) groups excluding carboxylic acids is 1. The van der Waals surface area contributed by atoms with E-state index >= 15 is 0 Å². The molecule has 0 saturated heterocycles. The van der Waals surface area contributed by atoms with E-state index in [9.17, 15) is 9.18 Å². The molecule has 0 unspecified atom stereocenters. The van der Waals surface area contributed by atoms with Gasteiger partial charge in [0.15, 0.2) is 11.5 Å². The number of amides is 1. The van der Waals surface area contributed by atoms with E-state index in [-0.39, 0.29) is 18.3 Å². The minimum atomic E-state index is -0.369. The Kier molecular flexibility index (Phi) is 7.91. The third kappa shape index (κ3) is 5.85. The Hall–Kier alpha value is -2.28. The van der Waals surface area contributed by atoms with Crippen LogP contribution in [0.4, 0.5) is 4.39 Å². The summed E-state index contributed by atoms with van der Waals surface area (Å²) in [5.41, 5.74) is 1.03. The van der Waals surface area contributed by atoms with Crippen molar-refractivity contribution in [2.24, 2.45) is 0 Å². The molecule has 0 saturated carbocycles. The highest BCUT2D eigenvalue weighted by Crippen LogP contribution is 2.39. The van der Waals surface area contributed by atoms with Crippen molar-refractivity contribution in [3.8, 4) is 17.2 Å². The zero-order valence-electron chi connectivity index (χ0n) is 15.6. The van der Waals surface area contributed by atoms with E-state index in [1.54, 1.807) is 18.2 Å². The van der Waals surface area contributed by atoms with Gasteiger partial charge in [-0.2, -0.15) is 0 Å². The molecule has 2 aromatic rings. The van der Waals surface area contributed by atoms with E-state index in [0.29, 0.717) is 52.7 Å². The Bertz CT molecular complexity index is 750. The molecule has 146 valence electrons. The van der Waals surface area contributed by atoms with Crippen LogP contribution < -0.4 is 19.5 Å². The van der Waals surface area contributed by atoms with Crippen LogP contribution in [0.2, 0.25) is 0 Å². The molecule has 0 fully saturated rings. The predicted octanol–water partition coefficient (Wildman–Crippen LogP) is 4.71. The van der Waals surface area contributed by atoms with Crippen LogP contribution in [0.25, 0.3) is 0 Å². The fraction of sp³-hybridized carbons (Fsp3) is 0.350. The summed E-state index contributed by atoms with van der Waals surface area (Å²) in [6.45, 7) is 7.05. The van der Waals surface area contributed by atoms with Gasteiger partial charge in [-0.3, -0.25) is 4.79 Å². The van der Waals surface area contributed by atoms with Crippen molar-refractivity contribution in [3.63, 3.8) is 0 Å². The number of nitrogens with one attached hydrogen (secondary N) is 1. The Morgan fingerprint density at radius 2 is 1.56 bits per heavy atom. The lowest BCUT2D eigenvalue weighted by Crippen LogP contribution is -2.23. The van der Waals surface area contributed by atoms with E-state index in [2.05, 4.69) is 21.2 Å². The lowest BCUT2D eigenvalue weighted by Gasteiger charge is -2.17. The quantitative estimate of drug-likeness (QED) is 0.614. The monoisotopic (exact) mass is 439 g/mol. The standard InChI is InChI=1S/C20H23BrFNO4/c1-4-25-17-9-14(10-18(26-5-2)19(17)27-6-3)20(24)23-12-13-7-15(21)11-16(22)8-13/h7-11H,4-6,12H2,1-3H3,(H,23,24). The van der Waals surface area contributed by atoms with Crippen LogP contribution >= 0.6 is 15.9 Å². The van der Waals surface area contributed by atoms with Crippen molar-refractivity contribution >= 4 is 21.8 Å². The second-order valence-electron chi connectivity index (χ2n) is 5.56. The molecular formula is C20H23BrFNO4. The van der Waals surface area contributed by atoms with Gasteiger partial charge < -0.3 is 19.5 Å².